The molecule has 2 aromatic rings. The number of nitrogens with one attached hydrogen (secondary N) is 1. The van der Waals surface area contributed by atoms with Gasteiger partial charge in [-0.15, -0.1) is 0 Å². The first-order valence-electron chi connectivity index (χ1n) is 7.09. The van der Waals surface area contributed by atoms with Crippen molar-refractivity contribution in [2.45, 2.75) is 31.7 Å². The van der Waals surface area contributed by atoms with Crippen molar-refractivity contribution >= 4 is 16.8 Å². The molecule has 0 aliphatic heterocycles. The van der Waals surface area contributed by atoms with Crippen LogP contribution >= 0.6 is 0 Å². The van der Waals surface area contributed by atoms with Crippen LogP contribution < -0.4 is 10.1 Å². The van der Waals surface area contributed by atoms with Crippen molar-refractivity contribution in [2.75, 3.05) is 6.61 Å². The fraction of sp³-hybridized carbons (Fsp3) is 0.375. The lowest BCUT2D eigenvalue weighted by molar-refractivity contribution is -0.123. The average molecular weight is 270 g/mol. The second-order valence-electron chi connectivity index (χ2n) is 5.17. The predicted octanol–water partition coefficient (Wildman–Crippen LogP) is 2.67. The first-order chi connectivity index (χ1) is 9.83. The number of fused-ring (bicyclic) bond motifs is 1. The van der Waals surface area contributed by atoms with E-state index in [4.69, 9.17) is 4.74 Å². The predicted molar refractivity (Wildman–Crippen MR) is 77.6 cm³/mol. The van der Waals surface area contributed by atoms with E-state index in [0.717, 1.165) is 23.7 Å². The molecule has 1 N–H and O–H groups in total. The molecule has 3 rings (SSSR count). The van der Waals surface area contributed by atoms with E-state index in [1.807, 2.05) is 30.3 Å². The highest BCUT2D eigenvalue weighted by Crippen LogP contribution is 2.23. The number of aromatic nitrogens is 1. The number of benzene rings is 1. The Hall–Kier alpha value is -2.10. The summed E-state index contributed by atoms with van der Waals surface area (Å²) in [5, 5.41) is 4.03. The maximum absolute atomic E-state index is 11.9. The number of para-hydroxylation sites is 1. The molecule has 1 heterocycles. The number of carbonyl (C=O) groups is 1. The van der Waals surface area contributed by atoms with E-state index in [1.165, 1.54) is 12.8 Å². The molecule has 4 heteroatoms. The Morgan fingerprint density at radius 2 is 2.05 bits per heavy atom. The SMILES string of the molecule is O=C(COc1cccc2cccnc12)NC1CCCC1. The normalized spacial score (nSPS) is 15.4. The molecule has 0 radical (unpaired) electrons. The molecule has 1 aromatic carbocycles. The van der Waals surface area contributed by atoms with Crippen molar-refractivity contribution in [1.82, 2.24) is 10.3 Å². The van der Waals surface area contributed by atoms with Gasteiger partial charge in [-0.1, -0.05) is 31.0 Å². The lowest BCUT2D eigenvalue weighted by atomic mass is 10.2. The minimum atomic E-state index is -0.0511. The molecule has 0 bridgehead atoms. The van der Waals surface area contributed by atoms with Gasteiger partial charge in [0.2, 0.25) is 0 Å². The smallest absolute Gasteiger partial charge is 0.258 e. The van der Waals surface area contributed by atoms with Gasteiger partial charge in [-0.2, -0.15) is 0 Å². The molecule has 1 aliphatic carbocycles. The minimum Gasteiger partial charge on any atom is -0.481 e. The van der Waals surface area contributed by atoms with E-state index in [9.17, 15) is 4.79 Å². The minimum absolute atomic E-state index is 0.0478. The van der Waals surface area contributed by atoms with E-state index in [0.29, 0.717) is 11.8 Å². The van der Waals surface area contributed by atoms with E-state index in [-0.39, 0.29) is 12.5 Å². The van der Waals surface area contributed by atoms with E-state index in [2.05, 4.69) is 10.3 Å². The molecule has 0 atom stereocenters. The fourth-order valence-corrected chi connectivity index (χ4v) is 2.68. The van der Waals surface area contributed by atoms with Crippen LogP contribution in [0.15, 0.2) is 36.5 Å². The Morgan fingerprint density at radius 3 is 2.90 bits per heavy atom. The lowest BCUT2D eigenvalue weighted by Gasteiger charge is -2.13. The lowest BCUT2D eigenvalue weighted by Crippen LogP contribution is -2.36. The van der Waals surface area contributed by atoms with Crippen LogP contribution in [0.5, 0.6) is 5.75 Å². The number of hydrogen-bond donors (Lipinski definition) is 1. The number of nitrogens with zero attached hydrogens (tertiary/aromatic N) is 1. The van der Waals surface area contributed by atoms with Gasteiger partial charge in [0.05, 0.1) is 0 Å². The van der Waals surface area contributed by atoms with Gasteiger partial charge in [0, 0.05) is 17.6 Å². The Bertz CT molecular complexity index is 601. The molecular formula is C16H18N2O2. The Balaban J connectivity index is 1.63. The topological polar surface area (TPSA) is 51.2 Å². The Morgan fingerprint density at radius 1 is 1.25 bits per heavy atom. The molecule has 104 valence electrons. The van der Waals surface area contributed by atoms with Gasteiger partial charge in [0.1, 0.15) is 11.3 Å². The highest BCUT2D eigenvalue weighted by molar-refractivity contribution is 5.85. The first kappa shape index (κ1) is 12.9. The number of pyridine rings is 1. The quantitative estimate of drug-likeness (QED) is 0.929. The van der Waals surface area contributed by atoms with Gasteiger partial charge in [-0.3, -0.25) is 9.78 Å². The van der Waals surface area contributed by atoms with Gasteiger partial charge in [0.25, 0.3) is 5.91 Å². The third-order valence-corrected chi connectivity index (χ3v) is 3.67. The Labute approximate surface area is 118 Å². The van der Waals surface area contributed by atoms with Crippen molar-refractivity contribution in [1.29, 1.82) is 0 Å². The zero-order valence-electron chi connectivity index (χ0n) is 11.3. The summed E-state index contributed by atoms with van der Waals surface area (Å²) in [6, 6.07) is 9.93. The maximum atomic E-state index is 11.9. The maximum Gasteiger partial charge on any atom is 0.258 e. The summed E-state index contributed by atoms with van der Waals surface area (Å²) in [5.74, 6) is 0.606. The fourth-order valence-electron chi connectivity index (χ4n) is 2.68. The number of hydrogen-bond acceptors (Lipinski definition) is 3. The molecule has 4 nitrogen and oxygen atoms in total. The van der Waals surface area contributed by atoms with Crippen LogP contribution in [-0.4, -0.2) is 23.5 Å². The molecule has 20 heavy (non-hydrogen) atoms. The molecule has 1 amide bonds. The molecule has 1 fully saturated rings. The second kappa shape index (κ2) is 5.90. The van der Waals surface area contributed by atoms with Crippen LogP contribution in [-0.2, 0) is 4.79 Å². The summed E-state index contributed by atoms with van der Waals surface area (Å²) < 4.78 is 5.62. The highest BCUT2D eigenvalue weighted by Gasteiger charge is 2.17. The molecule has 1 aromatic heterocycles. The van der Waals surface area contributed by atoms with Gasteiger partial charge >= 0.3 is 0 Å². The third-order valence-electron chi connectivity index (χ3n) is 3.67. The van der Waals surface area contributed by atoms with Crippen molar-refractivity contribution in [3.8, 4) is 5.75 Å². The molecule has 0 saturated heterocycles. The summed E-state index contributed by atoms with van der Waals surface area (Å²) in [4.78, 5) is 16.2. The summed E-state index contributed by atoms with van der Waals surface area (Å²) >= 11 is 0. The number of carbonyl (C=O) groups excluding carboxylic acids is 1. The molecule has 0 spiro atoms. The van der Waals surface area contributed by atoms with Crippen molar-refractivity contribution < 1.29 is 9.53 Å². The van der Waals surface area contributed by atoms with E-state index in [1.54, 1.807) is 6.20 Å². The molecule has 0 unspecified atom stereocenters. The van der Waals surface area contributed by atoms with Crippen LogP contribution in [0.3, 0.4) is 0 Å². The van der Waals surface area contributed by atoms with Crippen molar-refractivity contribution in [3.05, 3.63) is 36.5 Å². The van der Waals surface area contributed by atoms with Crippen LogP contribution in [0.1, 0.15) is 25.7 Å². The summed E-state index contributed by atoms with van der Waals surface area (Å²) in [6.45, 7) is 0.0478. The molecule has 1 saturated carbocycles. The average Bonchev–Trinajstić information content (AvgIpc) is 2.98. The molecular weight excluding hydrogens is 252 g/mol. The van der Waals surface area contributed by atoms with Gasteiger partial charge in [-0.05, 0) is 25.0 Å². The zero-order valence-corrected chi connectivity index (χ0v) is 11.3. The van der Waals surface area contributed by atoms with Gasteiger partial charge in [-0.25, -0.2) is 0 Å². The van der Waals surface area contributed by atoms with Crippen molar-refractivity contribution in [3.63, 3.8) is 0 Å². The number of ether oxygens (including phenoxy) is 1. The summed E-state index contributed by atoms with van der Waals surface area (Å²) in [6.07, 6.45) is 6.31. The van der Waals surface area contributed by atoms with Crippen LogP contribution in [0.2, 0.25) is 0 Å². The van der Waals surface area contributed by atoms with Crippen LogP contribution in [0.25, 0.3) is 10.9 Å². The zero-order chi connectivity index (χ0) is 13.8. The second-order valence-corrected chi connectivity index (χ2v) is 5.17. The van der Waals surface area contributed by atoms with Gasteiger partial charge in [0.15, 0.2) is 6.61 Å². The Kier molecular flexibility index (Phi) is 3.81. The van der Waals surface area contributed by atoms with E-state index < -0.39 is 0 Å². The standard InChI is InChI=1S/C16H18N2O2/c19-15(18-13-7-1-2-8-13)11-20-14-9-3-5-12-6-4-10-17-16(12)14/h3-6,9-10,13H,1-2,7-8,11H2,(H,18,19). The first-order valence-corrected chi connectivity index (χ1v) is 7.09. The largest absolute Gasteiger partial charge is 0.481 e. The summed E-state index contributed by atoms with van der Waals surface area (Å²) in [5.41, 5.74) is 0.795. The van der Waals surface area contributed by atoms with E-state index >= 15 is 0 Å². The molecule has 1 aliphatic rings. The number of rotatable bonds is 4. The van der Waals surface area contributed by atoms with Crippen LogP contribution in [0, 0.1) is 0 Å². The number of amides is 1. The van der Waals surface area contributed by atoms with Gasteiger partial charge < -0.3 is 10.1 Å². The van der Waals surface area contributed by atoms with Crippen molar-refractivity contribution in [2.24, 2.45) is 0 Å². The summed E-state index contributed by atoms with van der Waals surface area (Å²) in [7, 11) is 0. The third kappa shape index (κ3) is 2.90. The van der Waals surface area contributed by atoms with Crippen LogP contribution in [0.4, 0.5) is 0 Å². The monoisotopic (exact) mass is 270 g/mol. The highest BCUT2D eigenvalue weighted by atomic mass is 16.5.